The zero-order chi connectivity index (χ0) is 7.61. The van der Waals surface area contributed by atoms with Crippen LogP contribution in [-0.4, -0.2) is 25.3 Å². The summed E-state index contributed by atoms with van der Waals surface area (Å²) in [5, 5.41) is 0. The van der Waals surface area contributed by atoms with E-state index in [0.717, 1.165) is 0 Å². The highest BCUT2D eigenvalue weighted by molar-refractivity contribution is 4.81. The van der Waals surface area contributed by atoms with Gasteiger partial charge in [-0.25, -0.2) is 0 Å². The summed E-state index contributed by atoms with van der Waals surface area (Å²) in [6, 6.07) is 0. The number of rotatable bonds is 4. The van der Waals surface area contributed by atoms with E-state index < -0.39 is 5.97 Å². The predicted octanol–water partition coefficient (Wildman–Crippen LogP) is 1.13. The normalized spacial score (nSPS) is 28.5. The van der Waals surface area contributed by atoms with Crippen LogP contribution in [0.1, 0.15) is 20.8 Å². The Kier molecular flexibility index (Phi) is 2.28. The molecule has 1 aliphatic heterocycles. The first-order chi connectivity index (χ1) is 4.75. The van der Waals surface area contributed by atoms with E-state index in [4.69, 9.17) is 14.2 Å². The van der Waals surface area contributed by atoms with E-state index in [1.807, 2.05) is 20.8 Å². The predicted molar refractivity (Wildman–Crippen MR) is 36.5 cm³/mol. The molecule has 3 nitrogen and oxygen atoms in total. The fourth-order valence-electron chi connectivity index (χ4n) is 0.959. The van der Waals surface area contributed by atoms with E-state index in [1.165, 1.54) is 0 Å². The van der Waals surface area contributed by atoms with Crippen molar-refractivity contribution in [1.82, 2.24) is 0 Å². The average molecular weight is 146 g/mol. The van der Waals surface area contributed by atoms with E-state index in [9.17, 15) is 0 Å². The van der Waals surface area contributed by atoms with Gasteiger partial charge < -0.3 is 14.2 Å². The summed E-state index contributed by atoms with van der Waals surface area (Å²) >= 11 is 0. The minimum absolute atomic E-state index is 0.0902. The minimum Gasteiger partial charge on any atom is -0.326 e. The van der Waals surface area contributed by atoms with Crippen LogP contribution in [0.25, 0.3) is 0 Å². The molecule has 0 radical (unpaired) electrons. The second kappa shape index (κ2) is 2.86. The van der Waals surface area contributed by atoms with Gasteiger partial charge in [0.25, 0.3) is 0 Å². The quantitative estimate of drug-likeness (QED) is 0.440. The first-order valence-electron chi connectivity index (χ1n) is 3.71. The monoisotopic (exact) mass is 146 g/mol. The summed E-state index contributed by atoms with van der Waals surface area (Å²) in [6.45, 7) is 7.05. The van der Waals surface area contributed by atoms with Crippen LogP contribution in [0.15, 0.2) is 0 Å². The van der Waals surface area contributed by atoms with Crippen LogP contribution < -0.4 is 0 Å². The van der Waals surface area contributed by atoms with Crippen LogP contribution >= 0.6 is 0 Å². The van der Waals surface area contributed by atoms with Crippen molar-refractivity contribution in [3.05, 3.63) is 0 Å². The number of hydrogen-bond donors (Lipinski definition) is 0. The minimum atomic E-state index is -0.691. The third-order valence-corrected chi connectivity index (χ3v) is 1.47. The lowest BCUT2D eigenvalue weighted by Crippen LogP contribution is -2.23. The molecule has 0 saturated carbocycles. The van der Waals surface area contributed by atoms with Crippen LogP contribution in [0.3, 0.4) is 0 Å². The molecule has 0 aromatic heterocycles. The largest absolute Gasteiger partial charge is 0.326 e. The highest BCUT2D eigenvalue weighted by atomic mass is 16.9. The van der Waals surface area contributed by atoms with Crippen molar-refractivity contribution in [2.45, 2.75) is 32.8 Å². The molecule has 0 aromatic rings. The third kappa shape index (κ3) is 1.31. The molecule has 1 unspecified atom stereocenters. The third-order valence-electron chi connectivity index (χ3n) is 1.47. The van der Waals surface area contributed by atoms with Crippen LogP contribution in [0.4, 0.5) is 0 Å². The molecule has 0 N–H and O–H groups in total. The van der Waals surface area contributed by atoms with Crippen molar-refractivity contribution in [3.63, 3.8) is 0 Å². The van der Waals surface area contributed by atoms with Crippen LogP contribution in [0.5, 0.6) is 0 Å². The SMILES string of the molecule is CCOC1(OCC)OC1C. The lowest BCUT2D eigenvalue weighted by atomic mass is 10.5. The van der Waals surface area contributed by atoms with Crippen LogP contribution in [0.2, 0.25) is 0 Å². The van der Waals surface area contributed by atoms with Gasteiger partial charge in [-0.2, -0.15) is 0 Å². The first-order valence-corrected chi connectivity index (χ1v) is 3.71. The molecule has 60 valence electrons. The van der Waals surface area contributed by atoms with Gasteiger partial charge in [-0.15, -0.1) is 0 Å². The Balaban J connectivity index is 2.31. The average Bonchev–Trinajstić information content (AvgIpc) is 2.44. The molecular weight excluding hydrogens is 132 g/mol. The second-order valence-electron chi connectivity index (χ2n) is 2.23. The van der Waals surface area contributed by atoms with E-state index >= 15 is 0 Å². The number of epoxide rings is 1. The molecule has 0 aliphatic carbocycles. The van der Waals surface area contributed by atoms with Crippen molar-refractivity contribution in [3.8, 4) is 0 Å². The molecule has 1 heterocycles. The Hall–Kier alpha value is -0.120. The Morgan fingerprint density at radius 1 is 1.30 bits per heavy atom. The van der Waals surface area contributed by atoms with Gasteiger partial charge in [-0.05, 0) is 20.8 Å². The van der Waals surface area contributed by atoms with Gasteiger partial charge in [-0.3, -0.25) is 0 Å². The van der Waals surface area contributed by atoms with E-state index in [-0.39, 0.29) is 6.10 Å². The standard InChI is InChI=1S/C7H14O3/c1-4-8-7(9-5-2)6(3)10-7/h6H,4-5H2,1-3H3. The Bertz CT molecular complexity index is 107. The molecule has 1 aliphatic rings. The second-order valence-corrected chi connectivity index (χ2v) is 2.23. The molecule has 1 fully saturated rings. The summed E-state index contributed by atoms with van der Waals surface area (Å²) in [5.41, 5.74) is 0. The number of hydrogen-bond acceptors (Lipinski definition) is 3. The zero-order valence-corrected chi connectivity index (χ0v) is 6.72. The van der Waals surface area contributed by atoms with Gasteiger partial charge in [0.15, 0.2) is 0 Å². The maximum Gasteiger partial charge on any atom is 0.311 e. The molecule has 3 heteroatoms. The van der Waals surface area contributed by atoms with Crippen LogP contribution in [0, 0.1) is 0 Å². The van der Waals surface area contributed by atoms with Crippen molar-refractivity contribution in [1.29, 1.82) is 0 Å². The molecule has 10 heavy (non-hydrogen) atoms. The molecule has 1 atom stereocenters. The molecule has 0 bridgehead atoms. The Labute approximate surface area is 61.3 Å². The summed E-state index contributed by atoms with van der Waals surface area (Å²) in [6.07, 6.45) is 0.0902. The summed E-state index contributed by atoms with van der Waals surface area (Å²) in [7, 11) is 0. The topological polar surface area (TPSA) is 31.0 Å². The smallest absolute Gasteiger partial charge is 0.311 e. The van der Waals surface area contributed by atoms with Gasteiger partial charge in [0.2, 0.25) is 0 Å². The molecule has 0 amide bonds. The molecule has 0 aromatic carbocycles. The van der Waals surface area contributed by atoms with Gasteiger partial charge in [0.1, 0.15) is 6.10 Å². The van der Waals surface area contributed by atoms with Gasteiger partial charge >= 0.3 is 5.97 Å². The lowest BCUT2D eigenvalue weighted by Gasteiger charge is -2.10. The highest BCUT2D eigenvalue weighted by Crippen LogP contribution is 2.38. The first kappa shape index (κ1) is 7.98. The summed E-state index contributed by atoms with van der Waals surface area (Å²) < 4.78 is 15.6. The maximum absolute atomic E-state index is 5.25. The van der Waals surface area contributed by atoms with Crippen molar-refractivity contribution >= 4 is 0 Å². The van der Waals surface area contributed by atoms with Crippen molar-refractivity contribution in [2.24, 2.45) is 0 Å². The van der Waals surface area contributed by atoms with Gasteiger partial charge in [0, 0.05) is 13.2 Å². The highest BCUT2D eigenvalue weighted by Gasteiger charge is 2.57. The Morgan fingerprint density at radius 2 is 1.70 bits per heavy atom. The fraction of sp³-hybridized carbons (Fsp3) is 1.00. The molecule has 1 rings (SSSR count). The summed E-state index contributed by atoms with van der Waals surface area (Å²) in [5.74, 6) is -0.691. The number of ether oxygens (including phenoxy) is 3. The maximum atomic E-state index is 5.25. The molecular formula is C7H14O3. The van der Waals surface area contributed by atoms with E-state index in [0.29, 0.717) is 13.2 Å². The summed E-state index contributed by atoms with van der Waals surface area (Å²) in [4.78, 5) is 0. The van der Waals surface area contributed by atoms with Gasteiger partial charge in [-0.1, -0.05) is 0 Å². The lowest BCUT2D eigenvalue weighted by molar-refractivity contribution is -0.223. The molecule has 1 saturated heterocycles. The van der Waals surface area contributed by atoms with Crippen molar-refractivity contribution in [2.75, 3.05) is 13.2 Å². The van der Waals surface area contributed by atoms with Crippen molar-refractivity contribution < 1.29 is 14.2 Å². The van der Waals surface area contributed by atoms with E-state index in [1.54, 1.807) is 0 Å². The fourth-order valence-corrected chi connectivity index (χ4v) is 0.959. The van der Waals surface area contributed by atoms with E-state index in [2.05, 4.69) is 0 Å². The molecule has 0 spiro atoms. The Morgan fingerprint density at radius 3 is 1.90 bits per heavy atom. The van der Waals surface area contributed by atoms with Crippen LogP contribution in [-0.2, 0) is 14.2 Å². The van der Waals surface area contributed by atoms with Gasteiger partial charge in [0.05, 0.1) is 0 Å². The zero-order valence-electron chi connectivity index (χ0n) is 6.72.